The molecular weight excluding hydrogens is 220 g/mol. The molecule has 1 aliphatic heterocycles. The van der Waals surface area contributed by atoms with Crippen LogP contribution in [0.15, 0.2) is 18.5 Å². The van der Waals surface area contributed by atoms with Gasteiger partial charge in [-0.2, -0.15) is 0 Å². The molecule has 1 fully saturated rings. The van der Waals surface area contributed by atoms with Gasteiger partial charge in [-0.3, -0.25) is 9.78 Å². The molecule has 1 N–H and O–H groups in total. The lowest BCUT2D eigenvalue weighted by atomic mass is 10.2. The highest BCUT2D eigenvalue weighted by atomic mass is 16.5. The molecule has 5 nitrogen and oxygen atoms in total. The molecule has 0 spiro atoms. The van der Waals surface area contributed by atoms with Crippen molar-refractivity contribution in [2.24, 2.45) is 0 Å². The van der Waals surface area contributed by atoms with Crippen molar-refractivity contribution in [3.63, 3.8) is 0 Å². The Bertz CT molecular complexity index is 408. The fourth-order valence-corrected chi connectivity index (χ4v) is 1.88. The molecule has 1 amide bonds. The van der Waals surface area contributed by atoms with Crippen molar-refractivity contribution in [3.05, 3.63) is 24.0 Å². The zero-order valence-corrected chi connectivity index (χ0v) is 9.80. The Hall–Kier alpha value is -1.62. The molecule has 17 heavy (non-hydrogen) atoms. The quantitative estimate of drug-likeness (QED) is 0.833. The van der Waals surface area contributed by atoms with Crippen LogP contribution in [-0.2, 0) is 4.74 Å². The zero-order chi connectivity index (χ0) is 12.3. The van der Waals surface area contributed by atoms with Crippen molar-refractivity contribution >= 4 is 5.91 Å². The van der Waals surface area contributed by atoms with E-state index in [2.05, 4.69) is 4.98 Å². The molecule has 0 bridgehead atoms. The number of aromatic nitrogens is 1. The van der Waals surface area contributed by atoms with Gasteiger partial charge in [0.2, 0.25) is 0 Å². The van der Waals surface area contributed by atoms with Crippen molar-refractivity contribution in [1.29, 1.82) is 0 Å². The molecule has 1 unspecified atom stereocenters. The number of amides is 1. The molecule has 0 aromatic carbocycles. The number of pyridine rings is 1. The number of aromatic hydroxyl groups is 1. The van der Waals surface area contributed by atoms with Gasteiger partial charge in [-0.25, -0.2) is 0 Å². The minimum Gasteiger partial charge on any atom is -0.506 e. The number of nitrogens with zero attached hydrogens (tertiary/aromatic N) is 2. The smallest absolute Gasteiger partial charge is 0.255 e. The summed E-state index contributed by atoms with van der Waals surface area (Å²) >= 11 is 0. The zero-order valence-electron chi connectivity index (χ0n) is 9.80. The van der Waals surface area contributed by atoms with E-state index in [1.165, 1.54) is 18.5 Å². The first-order valence-corrected chi connectivity index (χ1v) is 5.75. The van der Waals surface area contributed by atoms with E-state index in [1.807, 2.05) is 6.92 Å². The Morgan fingerprint density at radius 3 is 3.18 bits per heavy atom. The van der Waals surface area contributed by atoms with Crippen LogP contribution >= 0.6 is 0 Å². The van der Waals surface area contributed by atoms with E-state index < -0.39 is 0 Å². The van der Waals surface area contributed by atoms with E-state index in [9.17, 15) is 9.90 Å². The van der Waals surface area contributed by atoms with Crippen LogP contribution in [0.5, 0.6) is 5.75 Å². The largest absolute Gasteiger partial charge is 0.506 e. The van der Waals surface area contributed by atoms with Crippen LogP contribution in [0.2, 0.25) is 0 Å². The summed E-state index contributed by atoms with van der Waals surface area (Å²) in [5.74, 6) is -0.0914. The lowest BCUT2D eigenvalue weighted by Crippen LogP contribution is -2.45. The number of carbonyl (C=O) groups excluding carboxylic acids is 1. The standard InChI is InChI=1S/C12H16N2O3/c1-2-11-8-14(3-4-17-11)12(16)9-5-10(15)7-13-6-9/h5-7,11,15H,2-4,8H2,1H3. The van der Waals surface area contributed by atoms with Crippen LogP contribution in [0.25, 0.3) is 0 Å². The number of carbonyl (C=O) groups is 1. The molecule has 1 aromatic rings. The molecule has 0 saturated carbocycles. The Morgan fingerprint density at radius 1 is 1.65 bits per heavy atom. The number of ether oxygens (including phenoxy) is 1. The predicted molar refractivity (Wildman–Crippen MR) is 61.8 cm³/mol. The van der Waals surface area contributed by atoms with Crippen LogP contribution in [0.4, 0.5) is 0 Å². The maximum Gasteiger partial charge on any atom is 0.255 e. The molecule has 0 radical (unpaired) electrons. The van der Waals surface area contributed by atoms with Gasteiger partial charge in [-0.15, -0.1) is 0 Å². The monoisotopic (exact) mass is 236 g/mol. The summed E-state index contributed by atoms with van der Waals surface area (Å²) in [4.78, 5) is 17.7. The second kappa shape index (κ2) is 5.14. The van der Waals surface area contributed by atoms with Gasteiger partial charge in [0.15, 0.2) is 0 Å². The third-order valence-electron chi connectivity index (χ3n) is 2.85. The van der Waals surface area contributed by atoms with Crippen LogP contribution < -0.4 is 0 Å². The lowest BCUT2D eigenvalue weighted by molar-refractivity contribution is -0.0226. The highest BCUT2D eigenvalue weighted by Crippen LogP contribution is 2.14. The summed E-state index contributed by atoms with van der Waals surface area (Å²) in [6.07, 6.45) is 3.78. The summed E-state index contributed by atoms with van der Waals surface area (Å²) in [6.45, 7) is 3.79. The molecule has 5 heteroatoms. The van der Waals surface area contributed by atoms with Gasteiger partial charge >= 0.3 is 0 Å². The summed E-state index contributed by atoms with van der Waals surface area (Å²) in [6, 6.07) is 1.44. The molecule has 1 aliphatic rings. The van der Waals surface area contributed by atoms with E-state index in [4.69, 9.17) is 4.74 Å². The SMILES string of the molecule is CCC1CN(C(=O)c2cncc(O)c2)CCO1. The Labute approximate surface area is 100 Å². The van der Waals surface area contributed by atoms with E-state index in [0.29, 0.717) is 25.3 Å². The number of hydrogen-bond acceptors (Lipinski definition) is 4. The van der Waals surface area contributed by atoms with E-state index in [-0.39, 0.29) is 17.8 Å². The fourth-order valence-electron chi connectivity index (χ4n) is 1.88. The second-order valence-corrected chi connectivity index (χ2v) is 4.08. The van der Waals surface area contributed by atoms with Crippen molar-refractivity contribution in [3.8, 4) is 5.75 Å². The number of hydrogen-bond donors (Lipinski definition) is 1. The van der Waals surface area contributed by atoms with Crippen molar-refractivity contribution in [1.82, 2.24) is 9.88 Å². The first-order valence-electron chi connectivity index (χ1n) is 5.75. The molecule has 1 saturated heterocycles. The highest BCUT2D eigenvalue weighted by Gasteiger charge is 2.24. The average molecular weight is 236 g/mol. The third kappa shape index (κ3) is 2.74. The topological polar surface area (TPSA) is 62.7 Å². The Balaban J connectivity index is 2.09. The molecule has 1 atom stereocenters. The predicted octanol–water partition coefficient (Wildman–Crippen LogP) is 1.04. The van der Waals surface area contributed by atoms with Crippen molar-refractivity contribution in [2.45, 2.75) is 19.4 Å². The van der Waals surface area contributed by atoms with Crippen LogP contribution in [0.1, 0.15) is 23.7 Å². The maximum atomic E-state index is 12.1. The average Bonchev–Trinajstić information content (AvgIpc) is 2.38. The molecule has 1 aromatic heterocycles. The third-order valence-corrected chi connectivity index (χ3v) is 2.85. The number of morpholine rings is 1. The van der Waals surface area contributed by atoms with Crippen molar-refractivity contribution in [2.75, 3.05) is 19.7 Å². The molecule has 92 valence electrons. The molecule has 2 rings (SSSR count). The van der Waals surface area contributed by atoms with Crippen LogP contribution in [-0.4, -0.2) is 46.7 Å². The highest BCUT2D eigenvalue weighted by molar-refractivity contribution is 5.94. The number of rotatable bonds is 2. The Morgan fingerprint density at radius 2 is 2.47 bits per heavy atom. The fraction of sp³-hybridized carbons (Fsp3) is 0.500. The van der Waals surface area contributed by atoms with Gasteiger partial charge in [0, 0.05) is 19.3 Å². The normalized spacial score (nSPS) is 20.3. The van der Waals surface area contributed by atoms with Crippen LogP contribution in [0, 0.1) is 0 Å². The second-order valence-electron chi connectivity index (χ2n) is 4.08. The minimum atomic E-state index is -0.102. The first kappa shape index (κ1) is 11.9. The molecular formula is C12H16N2O3. The summed E-state index contributed by atoms with van der Waals surface area (Å²) in [7, 11) is 0. The summed E-state index contributed by atoms with van der Waals surface area (Å²) in [5, 5.41) is 9.30. The molecule has 0 aliphatic carbocycles. The van der Waals surface area contributed by atoms with Crippen molar-refractivity contribution < 1.29 is 14.6 Å². The summed E-state index contributed by atoms with van der Waals surface area (Å²) in [5.41, 5.74) is 0.418. The lowest BCUT2D eigenvalue weighted by Gasteiger charge is -2.32. The van der Waals surface area contributed by atoms with Gasteiger partial charge in [0.05, 0.1) is 24.5 Å². The van der Waals surface area contributed by atoms with Gasteiger partial charge in [0.1, 0.15) is 5.75 Å². The van der Waals surface area contributed by atoms with Gasteiger partial charge < -0.3 is 14.7 Å². The van der Waals surface area contributed by atoms with Gasteiger partial charge in [-0.05, 0) is 12.5 Å². The van der Waals surface area contributed by atoms with E-state index >= 15 is 0 Å². The Kier molecular flexibility index (Phi) is 3.58. The first-order chi connectivity index (χ1) is 8.20. The van der Waals surface area contributed by atoms with Crippen LogP contribution in [0.3, 0.4) is 0 Å². The minimum absolute atomic E-state index is 0.0103. The van der Waals surface area contributed by atoms with Gasteiger partial charge in [0.25, 0.3) is 5.91 Å². The summed E-state index contributed by atoms with van der Waals surface area (Å²) < 4.78 is 5.51. The molecule has 2 heterocycles. The van der Waals surface area contributed by atoms with E-state index in [0.717, 1.165) is 6.42 Å². The van der Waals surface area contributed by atoms with E-state index in [1.54, 1.807) is 4.90 Å². The van der Waals surface area contributed by atoms with Gasteiger partial charge in [-0.1, -0.05) is 6.92 Å². The maximum absolute atomic E-state index is 12.1.